The Morgan fingerprint density at radius 1 is 1.48 bits per heavy atom. The summed E-state index contributed by atoms with van der Waals surface area (Å²) in [5, 5.41) is 14.5. The first kappa shape index (κ1) is 16.0. The molecule has 0 bridgehead atoms. The summed E-state index contributed by atoms with van der Waals surface area (Å²) in [6.45, 7) is 5.20. The second-order valence-electron chi connectivity index (χ2n) is 6.55. The Morgan fingerprint density at radius 2 is 2.14 bits per heavy atom. The van der Waals surface area contributed by atoms with Crippen molar-refractivity contribution in [3.63, 3.8) is 0 Å². The zero-order valence-corrected chi connectivity index (χ0v) is 13.6. The molecule has 0 unspecified atom stereocenters. The van der Waals surface area contributed by atoms with Gasteiger partial charge in [0.25, 0.3) is 5.91 Å². The summed E-state index contributed by atoms with van der Waals surface area (Å²) in [6, 6.07) is 1.87. The van der Waals surface area contributed by atoms with Crippen molar-refractivity contribution in [3.05, 3.63) is 17.5 Å². The van der Waals surface area contributed by atoms with Crippen molar-refractivity contribution in [2.75, 3.05) is 27.2 Å². The topological polar surface area (TPSA) is 61.6 Å². The number of likely N-dealkylation sites (tertiary alicyclic amines) is 1. The Kier molecular flexibility index (Phi) is 4.68. The summed E-state index contributed by atoms with van der Waals surface area (Å²) in [5.41, 5.74) is 1.54. The van der Waals surface area contributed by atoms with Crippen LogP contribution in [-0.4, -0.2) is 69.9 Å². The number of β-amino-alcohol motifs (C(OH)–C–C–N with tert-alkyl or cyclic N) is 1. The zero-order valence-electron chi connectivity index (χ0n) is 13.6. The molecule has 2 atom stereocenters. The van der Waals surface area contributed by atoms with Gasteiger partial charge in [-0.1, -0.05) is 13.8 Å². The van der Waals surface area contributed by atoms with Gasteiger partial charge in [0, 0.05) is 20.1 Å². The molecule has 1 saturated heterocycles. The van der Waals surface area contributed by atoms with Gasteiger partial charge in [-0.25, -0.2) is 0 Å². The quantitative estimate of drug-likeness (QED) is 0.871. The lowest BCUT2D eigenvalue weighted by Gasteiger charge is -2.21. The van der Waals surface area contributed by atoms with Crippen LogP contribution < -0.4 is 0 Å². The molecule has 6 nitrogen and oxygen atoms in total. The number of rotatable bonds is 4. The van der Waals surface area contributed by atoms with Gasteiger partial charge in [0.1, 0.15) is 5.69 Å². The number of likely N-dealkylation sites (N-methyl/N-ethyl adjacent to an activating group) is 1. The molecule has 0 saturated carbocycles. The van der Waals surface area contributed by atoms with Crippen LogP contribution in [0.3, 0.4) is 0 Å². The third kappa shape index (κ3) is 3.44. The van der Waals surface area contributed by atoms with Crippen LogP contribution in [0.2, 0.25) is 0 Å². The first-order valence-corrected chi connectivity index (χ1v) is 7.46. The summed E-state index contributed by atoms with van der Waals surface area (Å²) in [5.74, 6) is 0.456. The largest absolute Gasteiger partial charge is 0.390 e. The molecule has 2 heterocycles. The maximum atomic E-state index is 12.6. The predicted molar refractivity (Wildman–Crippen MR) is 81.1 cm³/mol. The lowest BCUT2D eigenvalue weighted by molar-refractivity contribution is 0.0753. The van der Waals surface area contributed by atoms with Gasteiger partial charge in [-0.3, -0.25) is 9.48 Å². The van der Waals surface area contributed by atoms with E-state index in [-0.39, 0.29) is 11.9 Å². The molecule has 1 aliphatic heterocycles. The molecule has 21 heavy (non-hydrogen) atoms. The second-order valence-corrected chi connectivity index (χ2v) is 6.55. The number of nitrogens with zero attached hydrogens (tertiary/aromatic N) is 4. The molecule has 6 heteroatoms. The fraction of sp³-hybridized carbons (Fsp3) is 0.733. The molecule has 0 aliphatic carbocycles. The normalized spacial score (nSPS) is 22.6. The average molecular weight is 294 g/mol. The first-order chi connectivity index (χ1) is 9.79. The molecular weight excluding hydrogens is 268 g/mol. The van der Waals surface area contributed by atoms with Crippen LogP contribution in [-0.2, 0) is 13.5 Å². The third-order valence-electron chi connectivity index (χ3n) is 3.98. The minimum absolute atomic E-state index is 0.00249. The van der Waals surface area contributed by atoms with Gasteiger partial charge in [-0.05, 0) is 32.5 Å². The van der Waals surface area contributed by atoms with Gasteiger partial charge in [0.05, 0.1) is 17.8 Å². The van der Waals surface area contributed by atoms with Crippen molar-refractivity contribution in [2.24, 2.45) is 13.0 Å². The Balaban J connectivity index is 2.12. The molecule has 0 radical (unpaired) electrons. The Labute approximate surface area is 126 Å². The van der Waals surface area contributed by atoms with E-state index in [2.05, 4.69) is 18.9 Å². The maximum Gasteiger partial charge on any atom is 0.272 e. The van der Waals surface area contributed by atoms with Gasteiger partial charge < -0.3 is 14.9 Å². The standard InChI is InChI=1S/C15H26N4O2/c1-10(2)6-11-7-12(18(5)16-11)15(21)19-8-13(17(3)4)14(20)9-19/h7,10,13-14,20H,6,8-9H2,1-5H3/t13-,14-/m1/s1. The summed E-state index contributed by atoms with van der Waals surface area (Å²) >= 11 is 0. The van der Waals surface area contributed by atoms with Gasteiger partial charge in [-0.2, -0.15) is 5.10 Å². The lowest BCUT2D eigenvalue weighted by Crippen LogP contribution is -2.38. The van der Waals surface area contributed by atoms with E-state index in [1.54, 1.807) is 16.6 Å². The minimum Gasteiger partial charge on any atom is -0.390 e. The van der Waals surface area contributed by atoms with Gasteiger partial charge >= 0.3 is 0 Å². The highest BCUT2D eigenvalue weighted by molar-refractivity contribution is 5.93. The number of amides is 1. The molecule has 1 aromatic rings. The lowest BCUT2D eigenvalue weighted by atomic mass is 10.1. The highest BCUT2D eigenvalue weighted by atomic mass is 16.3. The van der Waals surface area contributed by atoms with E-state index >= 15 is 0 Å². The Bertz CT molecular complexity index is 510. The SMILES string of the molecule is CC(C)Cc1cc(C(=O)N2C[C@@H](O)[C@H](N(C)C)C2)n(C)n1. The number of carbonyl (C=O) groups excluding carboxylic acids is 1. The molecule has 1 N–H and O–H groups in total. The van der Waals surface area contributed by atoms with Crippen LogP contribution in [0.25, 0.3) is 0 Å². The Morgan fingerprint density at radius 3 is 2.67 bits per heavy atom. The summed E-state index contributed by atoms with van der Waals surface area (Å²) < 4.78 is 1.65. The number of aliphatic hydroxyl groups is 1. The van der Waals surface area contributed by atoms with Crippen LogP contribution in [0, 0.1) is 5.92 Å². The highest BCUT2D eigenvalue weighted by Crippen LogP contribution is 2.18. The summed E-state index contributed by atoms with van der Waals surface area (Å²) in [6.07, 6.45) is 0.372. The second kappa shape index (κ2) is 6.15. The monoisotopic (exact) mass is 294 g/mol. The van der Waals surface area contributed by atoms with Crippen molar-refractivity contribution in [1.29, 1.82) is 0 Å². The van der Waals surface area contributed by atoms with E-state index in [0.29, 0.717) is 24.7 Å². The molecule has 0 aromatic carbocycles. The van der Waals surface area contributed by atoms with Gasteiger partial charge in [0.2, 0.25) is 0 Å². The van der Waals surface area contributed by atoms with Crippen molar-refractivity contribution in [1.82, 2.24) is 19.6 Å². The maximum absolute atomic E-state index is 12.6. The predicted octanol–water partition coefficient (Wildman–Crippen LogP) is 0.365. The third-order valence-corrected chi connectivity index (χ3v) is 3.98. The van der Waals surface area contributed by atoms with Gasteiger partial charge in [-0.15, -0.1) is 0 Å². The van der Waals surface area contributed by atoms with Gasteiger partial charge in [0.15, 0.2) is 0 Å². The van der Waals surface area contributed by atoms with Crippen molar-refractivity contribution < 1.29 is 9.90 Å². The smallest absolute Gasteiger partial charge is 0.272 e. The first-order valence-electron chi connectivity index (χ1n) is 7.46. The molecule has 118 valence electrons. The van der Waals surface area contributed by atoms with Crippen molar-refractivity contribution >= 4 is 5.91 Å². The number of hydrogen-bond donors (Lipinski definition) is 1. The molecular formula is C15H26N4O2. The number of carbonyl (C=O) groups is 1. The molecule has 1 amide bonds. The average Bonchev–Trinajstić information content (AvgIpc) is 2.91. The fourth-order valence-corrected chi connectivity index (χ4v) is 2.85. The number of aryl methyl sites for hydroxylation is 1. The van der Waals surface area contributed by atoms with Crippen molar-refractivity contribution in [2.45, 2.75) is 32.4 Å². The van der Waals surface area contributed by atoms with Crippen LogP contribution in [0.1, 0.15) is 30.0 Å². The summed E-state index contributed by atoms with van der Waals surface area (Å²) in [4.78, 5) is 16.3. The molecule has 0 spiro atoms. The number of aromatic nitrogens is 2. The summed E-state index contributed by atoms with van der Waals surface area (Å²) in [7, 11) is 5.65. The molecule has 1 aliphatic rings. The molecule has 1 fully saturated rings. The van der Waals surface area contributed by atoms with E-state index in [0.717, 1.165) is 12.1 Å². The van der Waals surface area contributed by atoms with Crippen LogP contribution >= 0.6 is 0 Å². The van der Waals surface area contributed by atoms with Crippen LogP contribution in [0.15, 0.2) is 6.07 Å². The fourth-order valence-electron chi connectivity index (χ4n) is 2.85. The van der Waals surface area contributed by atoms with E-state index in [1.807, 2.05) is 25.1 Å². The molecule has 1 aromatic heterocycles. The van der Waals surface area contributed by atoms with E-state index in [1.165, 1.54) is 0 Å². The van der Waals surface area contributed by atoms with Crippen LogP contribution in [0.5, 0.6) is 0 Å². The van der Waals surface area contributed by atoms with Crippen LogP contribution in [0.4, 0.5) is 0 Å². The van der Waals surface area contributed by atoms with E-state index < -0.39 is 6.10 Å². The van der Waals surface area contributed by atoms with E-state index in [9.17, 15) is 9.90 Å². The highest BCUT2D eigenvalue weighted by Gasteiger charge is 2.36. The number of hydrogen-bond acceptors (Lipinski definition) is 4. The Hall–Kier alpha value is -1.40. The van der Waals surface area contributed by atoms with Crippen molar-refractivity contribution in [3.8, 4) is 0 Å². The molecule has 2 rings (SSSR count). The van der Waals surface area contributed by atoms with E-state index in [4.69, 9.17) is 0 Å². The minimum atomic E-state index is -0.493. The number of aliphatic hydroxyl groups excluding tert-OH is 1. The zero-order chi connectivity index (χ0) is 15.7.